The molecule has 2 saturated heterocycles. The van der Waals surface area contributed by atoms with Crippen LogP contribution in [0.4, 0.5) is 4.79 Å². The van der Waals surface area contributed by atoms with Gasteiger partial charge in [0.05, 0.1) is 0 Å². The molecule has 2 heterocycles. The van der Waals surface area contributed by atoms with Gasteiger partial charge in [0.25, 0.3) is 5.91 Å². The van der Waals surface area contributed by atoms with E-state index in [1.807, 2.05) is 6.92 Å². The molecule has 4 amide bonds. The first-order valence-corrected chi connectivity index (χ1v) is 7.87. The third-order valence-electron chi connectivity index (χ3n) is 5.11. The molecule has 0 spiro atoms. The lowest BCUT2D eigenvalue weighted by Gasteiger charge is -2.34. The molecule has 3 fully saturated rings. The van der Waals surface area contributed by atoms with Crippen molar-refractivity contribution in [3.63, 3.8) is 0 Å². The van der Waals surface area contributed by atoms with E-state index in [-0.39, 0.29) is 30.3 Å². The first kappa shape index (κ1) is 14.4. The van der Waals surface area contributed by atoms with Crippen molar-refractivity contribution in [3.8, 4) is 0 Å². The third-order valence-corrected chi connectivity index (χ3v) is 5.11. The monoisotopic (exact) mass is 293 g/mol. The molecule has 6 heteroatoms. The predicted octanol–water partition coefficient (Wildman–Crippen LogP) is 1.11. The number of hydrogen-bond donors (Lipinski definition) is 1. The Kier molecular flexibility index (Phi) is 3.42. The molecule has 2 aliphatic heterocycles. The Balaban J connectivity index is 1.68. The lowest BCUT2D eigenvalue weighted by atomic mass is 9.96. The summed E-state index contributed by atoms with van der Waals surface area (Å²) in [6, 6.07) is -0.228. The molecule has 0 radical (unpaired) electrons. The van der Waals surface area contributed by atoms with Gasteiger partial charge in [-0.1, -0.05) is 0 Å². The number of urea groups is 1. The van der Waals surface area contributed by atoms with Crippen LogP contribution in [0.25, 0.3) is 0 Å². The standard InChI is InChI=1S/C15H23N3O3/c1-10-5-3-4-8-17(10)12(19)9-18-13(20)15(2,11-6-7-11)16-14(18)21/h10-11H,3-9H2,1-2H3,(H,16,21). The van der Waals surface area contributed by atoms with Gasteiger partial charge in [-0.25, -0.2) is 4.79 Å². The Bertz CT molecular complexity index is 489. The van der Waals surface area contributed by atoms with Crippen molar-refractivity contribution in [3.05, 3.63) is 0 Å². The Hall–Kier alpha value is -1.59. The minimum Gasteiger partial charge on any atom is -0.338 e. The van der Waals surface area contributed by atoms with Crippen LogP contribution in [-0.4, -0.2) is 52.3 Å². The molecule has 0 aromatic carbocycles. The summed E-state index contributed by atoms with van der Waals surface area (Å²) in [6.45, 7) is 4.40. The molecule has 116 valence electrons. The lowest BCUT2D eigenvalue weighted by molar-refractivity contribution is -0.141. The molecule has 2 atom stereocenters. The molecule has 21 heavy (non-hydrogen) atoms. The summed E-state index contributed by atoms with van der Waals surface area (Å²) in [5.74, 6) is -0.137. The number of carbonyl (C=O) groups is 3. The van der Waals surface area contributed by atoms with Gasteiger partial charge in [0, 0.05) is 12.6 Å². The van der Waals surface area contributed by atoms with Crippen molar-refractivity contribution in [1.29, 1.82) is 0 Å². The molecule has 6 nitrogen and oxygen atoms in total. The van der Waals surface area contributed by atoms with Crippen LogP contribution in [0.15, 0.2) is 0 Å². The highest BCUT2D eigenvalue weighted by molar-refractivity contribution is 6.09. The smallest absolute Gasteiger partial charge is 0.325 e. The summed E-state index contributed by atoms with van der Waals surface area (Å²) in [5.41, 5.74) is -0.801. The zero-order valence-electron chi connectivity index (χ0n) is 12.7. The number of amides is 4. The Labute approximate surface area is 124 Å². The Morgan fingerprint density at radius 3 is 2.62 bits per heavy atom. The Morgan fingerprint density at radius 2 is 2.00 bits per heavy atom. The highest BCUT2D eigenvalue weighted by Gasteiger charge is 2.56. The summed E-state index contributed by atoms with van der Waals surface area (Å²) >= 11 is 0. The fourth-order valence-electron chi connectivity index (χ4n) is 3.49. The van der Waals surface area contributed by atoms with Crippen molar-refractivity contribution in [2.75, 3.05) is 13.1 Å². The summed E-state index contributed by atoms with van der Waals surface area (Å²) < 4.78 is 0. The second-order valence-corrected chi connectivity index (χ2v) is 6.73. The highest BCUT2D eigenvalue weighted by atomic mass is 16.2. The fraction of sp³-hybridized carbons (Fsp3) is 0.800. The van der Waals surface area contributed by atoms with Crippen LogP contribution in [0.2, 0.25) is 0 Å². The highest BCUT2D eigenvalue weighted by Crippen LogP contribution is 2.42. The topological polar surface area (TPSA) is 69.7 Å². The van der Waals surface area contributed by atoms with Crippen molar-refractivity contribution in [2.45, 2.75) is 57.5 Å². The first-order chi connectivity index (χ1) is 9.93. The van der Waals surface area contributed by atoms with E-state index in [0.29, 0.717) is 0 Å². The van der Waals surface area contributed by atoms with Gasteiger partial charge in [-0.2, -0.15) is 0 Å². The molecular weight excluding hydrogens is 270 g/mol. The molecule has 0 aromatic rings. The van der Waals surface area contributed by atoms with Crippen LogP contribution < -0.4 is 5.32 Å². The van der Waals surface area contributed by atoms with E-state index < -0.39 is 11.6 Å². The van der Waals surface area contributed by atoms with Crippen LogP contribution in [-0.2, 0) is 9.59 Å². The number of imide groups is 1. The van der Waals surface area contributed by atoms with Crippen molar-refractivity contribution < 1.29 is 14.4 Å². The van der Waals surface area contributed by atoms with Gasteiger partial charge in [0.1, 0.15) is 12.1 Å². The number of likely N-dealkylation sites (tertiary alicyclic amines) is 1. The van der Waals surface area contributed by atoms with E-state index in [2.05, 4.69) is 5.32 Å². The molecular formula is C15H23N3O3. The lowest BCUT2D eigenvalue weighted by Crippen LogP contribution is -2.49. The molecule has 3 rings (SSSR count). The molecule has 0 aromatic heterocycles. The van der Waals surface area contributed by atoms with Crippen LogP contribution in [0.3, 0.4) is 0 Å². The number of hydrogen-bond acceptors (Lipinski definition) is 3. The second kappa shape index (κ2) is 5.00. The summed E-state index contributed by atoms with van der Waals surface area (Å²) in [6.07, 6.45) is 5.05. The van der Waals surface area contributed by atoms with Crippen molar-refractivity contribution >= 4 is 17.8 Å². The summed E-state index contributed by atoms with van der Waals surface area (Å²) in [7, 11) is 0. The molecule has 0 bridgehead atoms. The zero-order valence-corrected chi connectivity index (χ0v) is 12.7. The molecule has 1 saturated carbocycles. The van der Waals surface area contributed by atoms with Gasteiger partial charge in [-0.05, 0) is 51.9 Å². The fourth-order valence-corrected chi connectivity index (χ4v) is 3.49. The minimum atomic E-state index is -0.801. The number of nitrogens with one attached hydrogen (secondary N) is 1. The van der Waals surface area contributed by atoms with Crippen LogP contribution in [0.1, 0.15) is 46.0 Å². The van der Waals surface area contributed by atoms with Gasteiger partial charge >= 0.3 is 6.03 Å². The van der Waals surface area contributed by atoms with Gasteiger partial charge in [0.2, 0.25) is 5.91 Å². The maximum absolute atomic E-state index is 12.5. The van der Waals surface area contributed by atoms with Gasteiger partial charge < -0.3 is 10.2 Å². The number of rotatable bonds is 3. The number of carbonyl (C=O) groups excluding carboxylic acids is 3. The van der Waals surface area contributed by atoms with Gasteiger partial charge in [-0.3, -0.25) is 14.5 Å². The summed E-state index contributed by atoms with van der Waals surface area (Å²) in [4.78, 5) is 39.9. The van der Waals surface area contributed by atoms with Gasteiger partial charge in [0.15, 0.2) is 0 Å². The van der Waals surface area contributed by atoms with E-state index in [1.165, 1.54) is 0 Å². The predicted molar refractivity (Wildman–Crippen MR) is 76.4 cm³/mol. The summed E-state index contributed by atoms with van der Waals surface area (Å²) in [5, 5.41) is 2.78. The average Bonchev–Trinajstić information content (AvgIpc) is 3.25. The van der Waals surface area contributed by atoms with E-state index in [1.54, 1.807) is 11.8 Å². The van der Waals surface area contributed by atoms with Gasteiger partial charge in [-0.15, -0.1) is 0 Å². The van der Waals surface area contributed by atoms with E-state index in [0.717, 1.165) is 43.5 Å². The largest absolute Gasteiger partial charge is 0.338 e. The minimum absolute atomic E-state index is 0.120. The van der Waals surface area contributed by atoms with E-state index in [9.17, 15) is 14.4 Å². The first-order valence-electron chi connectivity index (χ1n) is 7.87. The average molecular weight is 293 g/mol. The van der Waals surface area contributed by atoms with Crippen LogP contribution in [0.5, 0.6) is 0 Å². The number of piperidine rings is 1. The SMILES string of the molecule is CC1CCCCN1C(=O)CN1C(=O)NC(C)(C2CC2)C1=O. The molecule has 3 aliphatic rings. The normalized spacial score (nSPS) is 33.3. The molecule has 2 unspecified atom stereocenters. The second-order valence-electron chi connectivity index (χ2n) is 6.73. The Morgan fingerprint density at radius 1 is 1.29 bits per heavy atom. The maximum Gasteiger partial charge on any atom is 0.325 e. The van der Waals surface area contributed by atoms with E-state index in [4.69, 9.17) is 0 Å². The van der Waals surface area contributed by atoms with Crippen LogP contribution >= 0.6 is 0 Å². The van der Waals surface area contributed by atoms with Crippen molar-refractivity contribution in [1.82, 2.24) is 15.1 Å². The third kappa shape index (κ3) is 2.40. The number of nitrogens with zero attached hydrogens (tertiary/aromatic N) is 2. The molecule has 1 N–H and O–H groups in total. The maximum atomic E-state index is 12.5. The quantitative estimate of drug-likeness (QED) is 0.792. The van der Waals surface area contributed by atoms with Crippen LogP contribution in [0, 0.1) is 5.92 Å². The van der Waals surface area contributed by atoms with Crippen molar-refractivity contribution in [2.24, 2.45) is 5.92 Å². The molecule has 1 aliphatic carbocycles. The van der Waals surface area contributed by atoms with E-state index >= 15 is 0 Å². The zero-order chi connectivity index (χ0) is 15.2.